The third kappa shape index (κ3) is 2.80. The van der Waals surface area contributed by atoms with Crippen LogP contribution in [0.15, 0.2) is 35.7 Å². The van der Waals surface area contributed by atoms with Gasteiger partial charge in [0.2, 0.25) is 5.91 Å². The van der Waals surface area contributed by atoms with Gasteiger partial charge in [0.25, 0.3) is 0 Å². The van der Waals surface area contributed by atoms with E-state index in [1.165, 1.54) is 10.4 Å². The van der Waals surface area contributed by atoms with E-state index in [2.05, 4.69) is 23.3 Å². The molecule has 3 aromatic rings. The van der Waals surface area contributed by atoms with Crippen molar-refractivity contribution in [3.05, 3.63) is 46.2 Å². The summed E-state index contributed by atoms with van der Waals surface area (Å²) in [7, 11) is 1.82. The molecule has 0 bridgehead atoms. The highest BCUT2D eigenvalue weighted by molar-refractivity contribution is 7.10. The summed E-state index contributed by atoms with van der Waals surface area (Å²) < 4.78 is 1.65. The lowest BCUT2D eigenvalue weighted by Crippen LogP contribution is -2.30. The molecule has 6 heteroatoms. The lowest BCUT2D eigenvalue weighted by molar-refractivity contribution is -0.131. The maximum atomic E-state index is 12.3. The zero-order valence-electron chi connectivity index (χ0n) is 12.0. The van der Waals surface area contributed by atoms with Gasteiger partial charge in [-0.15, -0.1) is 16.4 Å². The van der Waals surface area contributed by atoms with Gasteiger partial charge in [-0.2, -0.15) is 0 Å². The molecule has 21 heavy (non-hydrogen) atoms. The van der Waals surface area contributed by atoms with E-state index >= 15 is 0 Å². The Morgan fingerprint density at radius 2 is 2.14 bits per heavy atom. The lowest BCUT2D eigenvalue weighted by Gasteiger charge is -2.16. The highest BCUT2D eigenvalue weighted by Gasteiger charge is 2.14. The molecule has 0 aliphatic carbocycles. The largest absolute Gasteiger partial charge is 0.339 e. The van der Waals surface area contributed by atoms with E-state index in [1.807, 2.05) is 36.7 Å². The standard InChI is InChI=1S/C15H16N4OS/c1-11-7-8-21-14(11)9-18(2)15(20)10-19-13-6-4-3-5-12(13)16-17-19/h3-8H,9-10H2,1-2H3. The Morgan fingerprint density at radius 3 is 2.90 bits per heavy atom. The zero-order chi connectivity index (χ0) is 14.8. The highest BCUT2D eigenvalue weighted by atomic mass is 32.1. The summed E-state index contributed by atoms with van der Waals surface area (Å²) in [6.45, 7) is 2.91. The van der Waals surface area contributed by atoms with Crippen LogP contribution < -0.4 is 0 Å². The quantitative estimate of drug-likeness (QED) is 0.743. The first-order chi connectivity index (χ1) is 10.1. The van der Waals surface area contributed by atoms with Crippen LogP contribution in [0.1, 0.15) is 10.4 Å². The van der Waals surface area contributed by atoms with Crippen molar-refractivity contribution >= 4 is 28.3 Å². The molecule has 0 N–H and O–H groups in total. The number of amides is 1. The van der Waals surface area contributed by atoms with Crippen molar-refractivity contribution < 1.29 is 4.79 Å². The summed E-state index contributed by atoms with van der Waals surface area (Å²) in [5, 5.41) is 10.2. The summed E-state index contributed by atoms with van der Waals surface area (Å²) in [6.07, 6.45) is 0. The molecule has 2 heterocycles. The predicted octanol–water partition coefficient (Wildman–Crippen LogP) is 2.46. The number of aromatic nitrogens is 3. The topological polar surface area (TPSA) is 51.0 Å². The van der Waals surface area contributed by atoms with Crippen molar-refractivity contribution in [2.45, 2.75) is 20.0 Å². The maximum absolute atomic E-state index is 12.3. The van der Waals surface area contributed by atoms with Gasteiger partial charge >= 0.3 is 0 Å². The van der Waals surface area contributed by atoms with E-state index in [4.69, 9.17) is 0 Å². The fraction of sp³-hybridized carbons (Fsp3) is 0.267. The number of carbonyl (C=O) groups excluding carboxylic acids is 1. The van der Waals surface area contributed by atoms with Crippen molar-refractivity contribution in [2.24, 2.45) is 0 Å². The first-order valence-corrected chi connectivity index (χ1v) is 7.58. The van der Waals surface area contributed by atoms with Gasteiger partial charge in [0.1, 0.15) is 12.1 Å². The number of likely N-dealkylation sites (N-methyl/N-ethyl adjacent to an activating group) is 1. The third-order valence-corrected chi connectivity index (χ3v) is 4.49. The summed E-state index contributed by atoms with van der Waals surface area (Å²) in [5.74, 6) is 0.0263. The number of rotatable bonds is 4. The number of nitrogens with zero attached hydrogens (tertiary/aromatic N) is 4. The summed E-state index contributed by atoms with van der Waals surface area (Å²) >= 11 is 1.68. The number of aryl methyl sites for hydroxylation is 1. The molecule has 0 saturated carbocycles. The second kappa shape index (κ2) is 5.65. The van der Waals surface area contributed by atoms with Crippen LogP contribution in [0.5, 0.6) is 0 Å². The van der Waals surface area contributed by atoms with E-state index < -0.39 is 0 Å². The molecule has 1 amide bonds. The minimum Gasteiger partial charge on any atom is -0.339 e. The highest BCUT2D eigenvalue weighted by Crippen LogP contribution is 2.17. The van der Waals surface area contributed by atoms with Crippen molar-refractivity contribution in [1.29, 1.82) is 0 Å². The minimum absolute atomic E-state index is 0.0263. The number of hydrogen-bond donors (Lipinski definition) is 0. The number of hydrogen-bond acceptors (Lipinski definition) is 4. The smallest absolute Gasteiger partial charge is 0.244 e. The fourth-order valence-corrected chi connectivity index (χ4v) is 3.11. The molecule has 3 rings (SSSR count). The first kappa shape index (κ1) is 13.8. The molecule has 0 atom stereocenters. The Labute approximate surface area is 126 Å². The minimum atomic E-state index is 0.0263. The Morgan fingerprint density at radius 1 is 1.33 bits per heavy atom. The van der Waals surface area contributed by atoms with Crippen molar-refractivity contribution in [1.82, 2.24) is 19.9 Å². The van der Waals surface area contributed by atoms with Crippen LogP contribution in [0.2, 0.25) is 0 Å². The molecule has 0 aliphatic heterocycles. The van der Waals surface area contributed by atoms with Gasteiger partial charge in [-0.1, -0.05) is 17.3 Å². The van der Waals surface area contributed by atoms with Crippen molar-refractivity contribution in [3.8, 4) is 0 Å². The van der Waals surface area contributed by atoms with Crippen LogP contribution in [0, 0.1) is 6.92 Å². The number of benzene rings is 1. The molecule has 0 radical (unpaired) electrons. The normalized spacial score (nSPS) is 11.0. The van der Waals surface area contributed by atoms with E-state index in [0.29, 0.717) is 6.54 Å². The second-order valence-electron chi connectivity index (χ2n) is 5.01. The molecule has 5 nitrogen and oxygen atoms in total. The van der Waals surface area contributed by atoms with E-state index in [0.717, 1.165) is 11.0 Å². The van der Waals surface area contributed by atoms with E-state index in [-0.39, 0.29) is 12.5 Å². The number of thiophene rings is 1. The number of carbonyl (C=O) groups is 1. The van der Waals surface area contributed by atoms with Crippen LogP contribution in [-0.2, 0) is 17.9 Å². The Bertz CT molecular complexity index is 777. The van der Waals surface area contributed by atoms with Gasteiger partial charge in [0.05, 0.1) is 12.1 Å². The fourth-order valence-electron chi connectivity index (χ4n) is 2.15. The van der Waals surface area contributed by atoms with Gasteiger partial charge < -0.3 is 4.90 Å². The van der Waals surface area contributed by atoms with Crippen LogP contribution in [0.25, 0.3) is 11.0 Å². The monoisotopic (exact) mass is 300 g/mol. The Balaban J connectivity index is 1.72. The molecule has 1 aromatic carbocycles. The Kier molecular flexibility index (Phi) is 3.70. The average molecular weight is 300 g/mol. The molecular weight excluding hydrogens is 284 g/mol. The zero-order valence-corrected chi connectivity index (χ0v) is 12.8. The second-order valence-corrected chi connectivity index (χ2v) is 6.01. The Hall–Kier alpha value is -2.21. The van der Waals surface area contributed by atoms with Gasteiger partial charge in [-0.3, -0.25) is 4.79 Å². The number of fused-ring (bicyclic) bond motifs is 1. The molecule has 108 valence electrons. The van der Waals surface area contributed by atoms with Crippen molar-refractivity contribution in [2.75, 3.05) is 7.05 Å². The molecule has 0 aliphatic rings. The molecule has 2 aromatic heterocycles. The van der Waals surface area contributed by atoms with Crippen LogP contribution >= 0.6 is 11.3 Å². The summed E-state index contributed by atoms with van der Waals surface area (Å²) in [6, 6.07) is 9.72. The molecular formula is C15H16N4OS. The van der Waals surface area contributed by atoms with Crippen LogP contribution in [0.3, 0.4) is 0 Å². The molecule has 0 fully saturated rings. The first-order valence-electron chi connectivity index (χ1n) is 6.70. The average Bonchev–Trinajstić information content (AvgIpc) is 3.07. The van der Waals surface area contributed by atoms with Crippen molar-refractivity contribution in [3.63, 3.8) is 0 Å². The van der Waals surface area contributed by atoms with Gasteiger partial charge in [-0.05, 0) is 36.1 Å². The van der Waals surface area contributed by atoms with E-state index in [1.54, 1.807) is 20.9 Å². The van der Waals surface area contributed by atoms with E-state index in [9.17, 15) is 4.79 Å². The number of para-hydroxylation sites is 1. The molecule has 0 saturated heterocycles. The molecule has 0 spiro atoms. The van der Waals surface area contributed by atoms with Crippen LogP contribution in [0.4, 0.5) is 0 Å². The van der Waals surface area contributed by atoms with Gasteiger partial charge in [-0.25, -0.2) is 4.68 Å². The van der Waals surface area contributed by atoms with Gasteiger partial charge in [0.15, 0.2) is 0 Å². The lowest BCUT2D eigenvalue weighted by atomic mass is 10.3. The predicted molar refractivity (Wildman–Crippen MR) is 83.1 cm³/mol. The van der Waals surface area contributed by atoms with Crippen LogP contribution in [-0.4, -0.2) is 32.8 Å². The molecule has 0 unspecified atom stereocenters. The summed E-state index contributed by atoms with van der Waals surface area (Å²) in [4.78, 5) is 15.3. The SMILES string of the molecule is Cc1ccsc1CN(C)C(=O)Cn1nnc2ccccc21. The summed E-state index contributed by atoms with van der Waals surface area (Å²) in [5.41, 5.74) is 2.92. The third-order valence-electron chi connectivity index (χ3n) is 3.48. The maximum Gasteiger partial charge on any atom is 0.244 e. The van der Waals surface area contributed by atoms with Gasteiger partial charge in [0, 0.05) is 11.9 Å².